The topological polar surface area (TPSA) is 73.0 Å². The first-order valence-electron chi connectivity index (χ1n) is 7.82. The van der Waals surface area contributed by atoms with Crippen molar-refractivity contribution in [2.45, 2.75) is 13.5 Å². The minimum absolute atomic E-state index is 0.168. The summed E-state index contributed by atoms with van der Waals surface area (Å²) in [6.45, 7) is 2.25. The van der Waals surface area contributed by atoms with E-state index in [-0.39, 0.29) is 12.5 Å². The van der Waals surface area contributed by atoms with Crippen LogP contribution < -0.4 is 5.32 Å². The van der Waals surface area contributed by atoms with Crippen molar-refractivity contribution in [1.82, 2.24) is 20.0 Å². The molecule has 1 aromatic carbocycles. The number of benzene rings is 1. The molecule has 0 aliphatic heterocycles. The number of aryl methyl sites for hydroxylation is 2. The molecule has 4 rings (SSSR count). The molecule has 4 aromatic rings. The number of aromatic nitrogens is 3. The Hall–Kier alpha value is -2.93. The Morgan fingerprint density at radius 1 is 1.32 bits per heavy atom. The predicted molar refractivity (Wildman–Crippen MR) is 96.4 cm³/mol. The van der Waals surface area contributed by atoms with Crippen LogP contribution >= 0.6 is 11.3 Å². The van der Waals surface area contributed by atoms with Crippen LogP contribution in [-0.2, 0) is 13.6 Å². The maximum atomic E-state index is 12.5. The molecule has 0 aliphatic carbocycles. The van der Waals surface area contributed by atoms with E-state index >= 15 is 0 Å². The van der Waals surface area contributed by atoms with E-state index in [1.54, 1.807) is 0 Å². The molecule has 0 unspecified atom stereocenters. The van der Waals surface area contributed by atoms with Crippen LogP contribution in [0.1, 0.15) is 21.9 Å². The SMILES string of the molecule is Cc1ccc2c(c1)cc(C(=O)NCc1noc(-c3cccs3)n1)n2C. The Kier molecular flexibility index (Phi) is 3.85. The van der Waals surface area contributed by atoms with Crippen LogP contribution in [-0.4, -0.2) is 20.6 Å². The summed E-state index contributed by atoms with van der Waals surface area (Å²) in [7, 11) is 1.88. The normalized spacial score (nSPS) is 11.1. The van der Waals surface area contributed by atoms with Crippen molar-refractivity contribution < 1.29 is 9.32 Å². The average Bonchev–Trinajstić information content (AvgIpc) is 3.32. The highest BCUT2D eigenvalue weighted by atomic mass is 32.1. The Balaban J connectivity index is 1.50. The van der Waals surface area contributed by atoms with Gasteiger partial charge in [-0.05, 0) is 36.6 Å². The van der Waals surface area contributed by atoms with Crippen LogP contribution in [0.15, 0.2) is 46.3 Å². The summed E-state index contributed by atoms with van der Waals surface area (Å²) in [5.74, 6) is 0.754. The molecule has 3 heterocycles. The molecule has 0 saturated carbocycles. The van der Waals surface area contributed by atoms with E-state index in [4.69, 9.17) is 4.52 Å². The van der Waals surface area contributed by atoms with Gasteiger partial charge in [0.1, 0.15) is 5.69 Å². The first-order valence-corrected chi connectivity index (χ1v) is 8.70. The zero-order chi connectivity index (χ0) is 17.4. The fraction of sp³-hybridized carbons (Fsp3) is 0.167. The van der Waals surface area contributed by atoms with Gasteiger partial charge in [0.15, 0.2) is 5.82 Å². The summed E-state index contributed by atoms with van der Waals surface area (Å²) in [6.07, 6.45) is 0. The summed E-state index contributed by atoms with van der Waals surface area (Å²) in [4.78, 5) is 17.7. The highest BCUT2D eigenvalue weighted by molar-refractivity contribution is 7.13. The van der Waals surface area contributed by atoms with Gasteiger partial charge in [0, 0.05) is 18.0 Å². The van der Waals surface area contributed by atoms with Gasteiger partial charge >= 0.3 is 0 Å². The molecule has 126 valence electrons. The number of rotatable bonds is 4. The first kappa shape index (κ1) is 15.6. The number of nitrogens with zero attached hydrogens (tertiary/aromatic N) is 3. The molecule has 7 heteroatoms. The van der Waals surface area contributed by atoms with Gasteiger partial charge in [0.25, 0.3) is 11.8 Å². The maximum absolute atomic E-state index is 12.5. The molecule has 0 atom stereocenters. The largest absolute Gasteiger partial charge is 0.343 e. The number of thiophene rings is 1. The van der Waals surface area contributed by atoms with Crippen molar-refractivity contribution in [3.63, 3.8) is 0 Å². The molecule has 1 amide bonds. The summed E-state index contributed by atoms with van der Waals surface area (Å²) >= 11 is 1.53. The second-order valence-electron chi connectivity index (χ2n) is 5.83. The number of amides is 1. The second-order valence-corrected chi connectivity index (χ2v) is 6.77. The van der Waals surface area contributed by atoms with Gasteiger partial charge < -0.3 is 14.4 Å². The van der Waals surface area contributed by atoms with Crippen LogP contribution in [0.3, 0.4) is 0 Å². The van der Waals surface area contributed by atoms with Crippen LogP contribution in [0, 0.1) is 6.92 Å². The lowest BCUT2D eigenvalue weighted by atomic mass is 10.2. The van der Waals surface area contributed by atoms with Crippen molar-refractivity contribution in [3.8, 4) is 10.8 Å². The first-order chi connectivity index (χ1) is 12.1. The standard InChI is InChI=1S/C18H16N4O2S/c1-11-5-6-13-12(8-11)9-14(22(13)2)17(23)19-10-16-20-18(24-21-16)15-4-3-7-25-15/h3-9H,10H2,1-2H3,(H,19,23). The van der Waals surface area contributed by atoms with Crippen LogP contribution in [0.25, 0.3) is 21.7 Å². The molecule has 6 nitrogen and oxygen atoms in total. The van der Waals surface area contributed by atoms with Crippen molar-refractivity contribution in [2.24, 2.45) is 7.05 Å². The number of hydrogen-bond donors (Lipinski definition) is 1. The van der Waals surface area contributed by atoms with Gasteiger partial charge in [0.05, 0.1) is 11.4 Å². The number of hydrogen-bond acceptors (Lipinski definition) is 5. The van der Waals surface area contributed by atoms with Gasteiger partial charge in [-0.15, -0.1) is 11.3 Å². The molecular formula is C18H16N4O2S. The smallest absolute Gasteiger partial charge is 0.268 e. The Bertz CT molecular complexity index is 1050. The van der Waals surface area contributed by atoms with Gasteiger partial charge in [-0.1, -0.05) is 22.9 Å². The van der Waals surface area contributed by atoms with E-state index in [2.05, 4.69) is 21.5 Å². The van der Waals surface area contributed by atoms with Gasteiger partial charge in [-0.25, -0.2) is 0 Å². The minimum Gasteiger partial charge on any atom is -0.343 e. The lowest BCUT2D eigenvalue weighted by Gasteiger charge is -2.04. The highest BCUT2D eigenvalue weighted by Gasteiger charge is 2.15. The van der Waals surface area contributed by atoms with Crippen molar-refractivity contribution in [1.29, 1.82) is 0 Å². The quantitative estimate of drug-likeness (QED) is 0.610. The number of nitrogens with one attached hydrogen (secondary N) is 1. The third kappa shape index (κ3) is 2.94. The Labute approximate surface area is 148 Å². The zero-order valence-corrected chi connectivity index (χ0v) is 14.6. The number of carbonyl (C=O) groups excluding carboxylic acids is 1. The fourth-order valence-corrected chi connectivity index (χ4v) is 3.41. The van der Waals surface area contributed by atoms with E-state index in [0.29, 0.717) is 17.4 Å². The van der Waals surface area contributed by atoms with Gasteiger partial charge in [0.2, 0.25) is 0 Å². The molecule has 0 bridgehead atoms. The molecule has 0 fully saturated rings. The molecule has 1 N–H and O–H groups in total. The molecule has 0 aliphatic rings. The van der Waals surface area contributed by atoms with Gasteiger partial charge in [-0.2, -0.15) is 4.98 Å². The third-order valence-electron chi connectivity index (χ3n) is 4.04. The molecule has 0 spiro atoms. The van der Waals surface area contributed by atoms with Crippen molar-refractivity contribution >= 4 is 28.1 Å². The lowest BCUT2D eigenvalue weighted by molar-refractivity contribution is 0.0942. The van der Waals surface area contributed by atoms with E-state index in [0.717, 1.165) is 21.3 Å². The summed E-state index contributed by atoms with van der Waals surface area (Å²) < 4.78 is 7.11. The fourth-order valence-electron chi connectivity index (χ4n) is 2.76. The predicted octanol–water partition coefficient (Wildman–Crippen LogP) is 3.53. The summed E-state index contributed by atoms with van der Waals surface area (Å²) in [5.41, 5.74) is 2.79. The Morgan fingerprint density at radius 2 is 2.20 bits per heavy atom. The highest BCUT2D eigenvalue weighted by Crippen LogP contribution is 2.23. The molecular weight excluding hydrogens is 336 g/mol. The number of carbonyl (C=O) groups is 1. The zero-order valence-electron chi connectivity index (χ0n) is 13.8. The van der Waals surface area contributed by atoms with Crippen LogP contribution in [0.2, 0.25) is 0 Å². The third-order valence-corrected chi connectivity index (χ3v) is 4.90. The number of fused-ring (bicyclic) bond motifs is 1. The molecule has 0 saturated heterocycles. The molecule has 0 radical (unpaired) electrons. The lowest BCUT2D eigenvalue weighted by Crippen LogP contribution is -2.25. The van der Waals surface area contributed by atoms with Crippen LogP contribution in [0.5, 0.6) is 0 Å². The van der Waals surface area contributed by atoms with Crippen molar-refractivity contribution in [2.75, 3.05) is 0 Å². The van der Waals surface area contributed by atoms with E-state index in [1.165, 1.54) is 11.3 Å². The molecule has 25 heavy (non-hydrogen) atoms. The summed E-state index contributed by atoms with van der Waals surface area (Å²) in [6, 6.07) is 11.9. The maximum Gasteiger partial charge on any atom is 0.268 e. The Morgan fingerprint density at radius 3 is 3.00 bits per heavy atom. The van der Waals surface area contributed by atoms with E-state index in [1.807, 2.05) is 54.3 Å². The summed E-state index contributed by atoms with van der Waals surface area (Å²) in [5, 5.41) is 9.76. The van der Waals surface area contributed by atoms with Crippen LogP contribution in [0.4, 0.5) is 0 Å². The van der Waals surface area contributed by atoms with E-state index < -0.39 is 0 Å². The van der Waals surface area contributed by atoms with E-state index in [9.17, 15) is 4.79 Å². The van der Waals surface area contributed by atoms with Gasteiger partial charge in [-0.3, -0.25) is 4.79 Å². The minimum atomic E-state index is -0.168. The molecule has 3 aromatic heterocycles. The van der Waals surface area contributed by atoms with Crippen molar-refractivity contribution in [3.05, 3.63) is 58.9 Å². The average molecular weight is 352 g/mol. The monoisotopic (exact) mass is 352 g/mol. The second kappa shape index (κ2) is 6.18.